The lowest BCUT2D eigenvalue weighted by molar-refractivity contribution is 0.590. The molecule has 4 nitrogen and oxygen atoms in total. The molecule has 0 saturated heterocycles. The molecule has 0 N–H and O–H groups in total. The summed E-state index contributed by atoms with van der Waals surface area (Å²) in [6.45, 7) is 9.16. The van der Waals surface area contributed by atoms with E-state index in [9.17, 15) is 0 Å². The predicted octanol–water partition coefficient (Wildman–Crippen LogP) is 14.2. The van der Waals surface area contributed by atoms with Gasteiger partial charge in [-0.25, -0.2) is 0 Å². The van der Waals surface area contributed by atoms with E-state index in [1.165, 1.54) is 110 Å². The van der Waals surface area contributed by atoms with Crippen molar-refractivity contribution in [3.63, 3.8) is 0 Å². The average Bonchev–Trinajstić information content (AvgIpc) is 3.97. The number of nitrogens with zero attached hydrogens (tertiary/aromatic N) is 4. The first-order valence-electron chi connectivity index (χ1n) is 22.6. The lowest BCUT2D eigenvalue weighted by atomic mass is 9.43. The summed E-state index contributed by atoms with van der Waals surface area (Å²) >= 11 is 0. The van der Waals surface area contributed by atoms with Crippen LogP contribution in [-0.4, -0.2) is 15.8 Å². The average molecular weight is 819 g/mol. The maximum atomic E-state index is 2.75. The highest BCUT2D eigenvalue weighted by Gasteiger charge is 2.46. The normalized spacial score (nSPS) is 13.2. The Labute approximate surface area is 372 Å². The van der Waals surface area contributed by atoms with Gasteiger partial charge in [0.25, 0.3) is 0 Å². The van der Waals surface area contributed by atoms with Crippen LogP contribution >= 0.6 is 0 Å². The molecule has 0 spiro atoms. The molecular formula is C59H43BN4. The SMILES string of the molecule is Cc1cc(C(C)(C)C)ccc1N1B2c3c(cc(N(c4ccccc4)c4ccccc4)cc3-n3c4ccccc4c4cccc2c43)-c2cc3c4ccccc4n4c5ccccc5c(c21)c34. The second-order valence-corrected chi connectivity index (χ2v) is 19.0. The Bertz CT molecular complexity index is 3870. The molecule has 0 aliphatic carbocycles. The zero-order valence-electron chi connectivity index (χ0n) is 36.3. The van der Waals surface area contributed by atoms with E-state index < -0.39 is 0 Å². The van der Waals surface area contributed by atoms with Gasteiger partial charge in [0.2, 0.25) is 0 Å². The van der Waals surface area contributed by atoms with Gasteiger partial charge < -0.3 is 18.7 Å². The van der Waals surface area contributed by atoms with E-state index in [1.54, 1.807) is 0 Å². The summed E-state index contributed by atoms with van der Waals surface area (Å²) in [6.07, 6.45) is 0. The van der Waals surface area contributed by atoms with Crippen molar-refractivity contribution in [1.29, 1.82) is 0 Å². The number of aromatic nitrogens is 2. The minimum atomic E-state index is -0.118. The third kappa shape index (κ3) is 4.63. The highest BCUT2D eigenvalue weighted by molar-refractivity contribution is 6.94. The molecule has 0 unspecified atom stereocenters. The first-order valence-corrected chi connectivity index (χ1v) is 22.6. The fourth-order valence-corrected chi connectivity index (χ4v) is 11.7. The van der Waals surface area contributed by atoms with Crippen molar-refractivity contribution in [3.8, 4) is 16.8 Å². The summed E-state index contributed by atoms with van der Waals surface area (Å²) in [7, 11) is 0. The molecule has 5 heterocycles. The van der Waals surface area contributed by atoms with Crippen LogP contribution in [0.5, 0.6) is 0 Å². The number of aryl methyl sites for hydroxylation is 1. The van der Waals surface area contributed by atoms with Crippen LogP contribution in [0.4, 0.5) is 28.4 Å². The van der Waals surface area contributed by atoms with Crippen molar-refractivity contribution in [2.75, 3.05) is 9.71 Å². The zero-order valence-corrected chi connectivity index (χ0v) is 36.3. The van der Waals surface area contributed by atoms with Crippen molar-refractivity contribution in [2.24, 2.45) is 0 Å². The smallest absolute Gasteiger partial charge is 0.333 e. The van der Waals surface area contributed by atoms with Gasteiger partial charge in [0.1, 0.15) is 0 Å². The number of rotatable bonds is 4. The Balaban J connectivity index is 1.22. The molecule has 5 heteroatoms. The summed E-state index contributed by atoms with van der Waals surface area (Å²) in [5, 5.41) is 7.69. The second-order valence-electron chi connectivity index (χ2n) is 19.0. The van der Waals surface area contributed by atoms with Crippen LogP contribution in [0.25, 0.3) is 76.7 Å². The highest BCUT2D eigenvalue weighted by atomic mass is 15.2. The molecule has 3 aromatic heterocycles. The van der Waals surface area contributed by atoms with Crippen LogP contribution in [0, 0.1) is 6.92 Å². The van der Waals surface area contributed by atoms with E-state index in [0.717, 1.165) is 17.1 Å². The molecule has 0 bridgehead atoms. The molecule has 302 valence electrons. The van der Waals surface area contributed by atoms with E-state index in [-0.39, 0.29) is 12.3 Å². The van der Waals surface area contributed by atoms with Gasteiger partial charge in [-0.1, -0.05) is 142 Å². The third-order valence-corrected chi connectivity index (χ3v) is 14.4. The lowest BCUT2D eigenvalue weighted by Gasteiger charge is -2.44. The molecule has 0 amide bonds. The largest absolute Gasteiger partial charge is 0.376 e. The topological polar surface area (TPSA) is 15.8 Å². The van der Waals surface area contributed by atoms with Gasteiger partial charge >= 0.3 is 6.85 Å². The van der Waals surface area contributed by atoms with E-state index >= 15 is 0 Å². The van der Waals surface area contributed by atoms with Crippen LogP contribution in [0.15, 0.2) is 188 Å². The van der Waals surface area contributed by atoms with E-state index in [1.807, 2.05) is 0 Å². The monoisotopic (exact) mass is 818 g/mol. The lowest BCUT2D eigenvalue weighted by Crippen LogP contribution is -2.60. The Hall–Kier alpha value is -7.76. The van der Waals surface area contributed by atoms with Crippen molar-refractivity contribution in [2.45, 2.75) is 33.1 Å². The predicted molar refractivity (Wildman–Crippen MR) is 273 cm³/mol. The number of hydrogen-bond acceptors (Lipinski definition) is 2. The molecule has 0 fully saturated rings. The Morgan fingerprint density at radius 1 is 0.469 bits per heavy atom. The van der Waals surface area contributed by atoms with Gasteiger partial charge in [-0.2, -0.15) is 0 Å². The summed E-state index contributed by atoms with van der Waals surface area (Å²) in [6, 6.07) is 70.6. The molecular weight excluding hydrogens is 775 g/mol. The Morgan fingerprint density at radius 2 is 1.08 bits per heavy atom. The quantitative estimate of drug-likeness (QED) is 0.164. The summed E-state index contributed by atoms with van der Waals surface area (Å²) < 4.78 is 5.12. The van der Waals surface area contributed by atoms with Gasteiger partial charge in [0, 0.05) is 72.0 Å². The Kier molecular flexibility index (Phi) is 7.09. The molecule has 0 radical (unpaired) electrons. The zero-order chi connectivity index (χ0) is 42.6. The highest BCUT2D eigenvalue weighted by Crippen LogP contribution is 2.54. The molecule has 12 aromatic rings. The number of fused-ring (bicyclic) bond motifs is 14. The van der Waals surface area contributed by atoms with Gasteiger partial charge in [0.05, 0.1) is 27.6 Å². The van der Waals surface area contributed by atoms with Crippen LogP contribution in [0.2, 0.25) is 0 Å². The maximum Gasteiger partial charge on any atom is 0.333 e. The van der Waals surface area contributed by atoms with Crippen molar-refractivity contribution < 1.29 is 0 Å². The molecule has 0 atom stereocenters. The molecule has 64 heavy (non-hydrogen) atoms. The van der Waals surface area contributed by atoms with E-state index in [0.29, 0.717) is 0 Å². The number of para-hydroxylation sites is 6. The minimum Gasteiger partial charge on any atom is -0.376 e. The van der Waals surface area contributed by atoms with Crippen LogP contribution in [0.3, 0.4) is 0 Å². The van der Waals surface area contributed by atoms with Crippen LogP contribution < -0.4 is 20.6 Å². The summed E-state index contributed by atoms with van der Waals surface area (Å²) in [4.78, 5) is 5.19. The summed E-state index contributed by atoms with van der Waals surface area (Å²) in [5.74, 6) is 0. The maximum absolute atomic E-state index is 2.75. The van der Waals surface area contributed by atoms with E-state index in [4.69, 9.17) is 0 Å². The molecule has 2 aliphatic heterocycles. The van der Waals surface area contributed by atoms with E-state index in [2.05, 4.69) is 234 Å². The fourth-order valence-electron chi connectivity index (χ4n) is 11.7. The molecule has 0 saturated carbocycles. The van der Waals surface area contributed by atoms with Crippen LogP contribution in [0.1, 0.15) is 31.9 Å². The van der Waals surface area contributed by atoms with Crippen LogP contribution in [-0.2, 0) is 5.41 Å². The molecule has 14 rings (SSSR count). The number of benzene rings is 9. The second kappa shape index (κ2) is 12.7. The fraction of sp³-hybridized carbons (Fsp3) is 0.0847. The van der Waals surface area contributed by atoms with Gasteiger partial charge in [-0.05, 0) is 107 Å². The van der Waals surface area contributed by atoms with Gasteiger partial charge in [-0.3, -0.25) is 0 Å². The van der Waals surface area contributed by atoms with Crippen molar-refractivity contribution in [3.05, 3.63) is 199 Å². The van der Waals surface area contributed by atoms with Gasteiger partial charge in [-0.15, -0.1) is 0 Å². The third-order valence-electron chi connectivity index (χ3n) is 14.4. The molecule has 2 aliphatic rings. The first kappa shape index (κ1) is 35.8. The van der Waals surface area contributed by atoms with Crippen molar-refractivity contribution in [1.82, 2.24) is 8.97 Å². The first-order chi connectivity index (χ1) is 31.3. The number of anilines is 5. The van der Waals surface area contributed by atoms with Gasteiger partial charge in [0.15, 0.2) is 0 Å². The standard InChI is InChI=1S/C59H43BN4/c1-36-32-37(59(2,3)4)30-31-49(36)64-58-47(35-46-42-23-12-15-28-51(42)62-52-29-16-13-24-44(52)54(58)57(46)62)45-33-40(61(38-18-7-5-8-19-38)39-20-9-6-10-21-39)34-53-55(45)60(64)48-26-17-25-43-41-22-11-14-27-50(41)63(53)56(43)48/h5-35H,1-4H3. The van der Waals surface area contributed by atoms with Crippen molar-refractivity contribution >= 4 is 106 Å². The molecule has 9 aromatic carbocycles. The minimum absolute atomic E-state index is 0.0140. The Morgan fingerprint density at radius 3 is 1.77 bits per heavy atom. The number of hydrogen-bond donors (Lipinski definition) is 0. The summed E-state index contributed by atoms with van der Waals surface area (Å²) in [5.41, 5.74) is 21.2.